The zero-order chi connectivity index (χ0) is 9.61. The molecule has 0 aromatic carbocycles. The maximum absolute atomic E-state index is 6.07. The fraction of sp³-hybridized carbons (Fsp3) is 1.00. The lowest BCUT2D eigenvalue weighted by Gasteiger charge is -2.24. The molecule has 3 unspecified atom stereocenters. The lowest BCUT2D eigenvalue weighted by molar-refractivity contribution is 0.358. The van der Waals surface area contributed by atoms with Crippen LogP contribution in [0.4, 0.5) is 0 Å². The van der Waals surface area contributed by atoms with Crippen molar-refractivity contribution in [3.8, 4) is 0 Å². The van der Waals surface area contributed by atoms with Crippen LogP contribution in [0.15, 0.2) is 0 Å². The fourth-order valence-electron chi connectivity index (χ4n) is 2.02. The molecule has 12 heavy (non-hydrogen) atoms. The fourth-order valence-corrected chi connectivity index (χ4v) is 2.02. The molecule has 0 aromatic heterocycles. The molecule has 2 nitrogen and oxygen atoms in total. The lowest BCUT2D eigenvalue weighted by Crippen LogP contribution is -2.36. The summed E-state index contributed by atoms with van der Waals surface area (Å²) in [6.07, 6.45) is 6.53. The Morgan fingerprint density at radius 1 is 1.33 bits per heavy atom. The van der Waals surface area contributed by atoms with Gasteiger partial charge in [0.25, 0.3) is 0 Å². The molecule has 0 amide bonds. The molecule has 1 aliphatic carbocycles. The first-order valence-corrected chi connectivity index (χ1v) is 5.39. The summed E-state index contributed by atoms with van der Waals surface area (Å²) in [5.74, 6) is 0.845. The molecular weight excluding hydrogens is 167 g/mol. The van der Waals surface area contributed by atoms with Crippen LogP contribution >= 0.6 is 9.39 Å². The van der Waals surface area contributed by atoms with E-state index in [4.69, 9.17) is 5.73 Å². The van der Waals surface area contributed by atoms with Gasteiger partial charge >= 0.3 is 0 Å². The molecule has 3 atom stereocenters. The van der Waals surface area contributed by atoms with Gasteiger partial charge in [0.1, 0.15) is 0 Å². The van der Waals surface area contributed by atoms with E-state index in [0.29, 0.717) is 0 Å². The van der Waals surface area contributed by atoms with Gasteiger partial charge in [-0.25, -0.2) is 0 Å². The van der Waals surface area contributed by atoms with Gasteiger partial charge in [-0.3, -0.25) is 0 Å². The lowest BCUT2D eigenvalue weighted by atomic mass is 9.90. The van der Waals surface area contributed by atoms with E-state index < -0.39 is 0 Å². The van der Waals surface area contributed by atoms with Gasteiger partial charge in [-0.1, -0.05) is 35.6 Å². The Morgan fingerprint density at radius 3 is 2.50 bits per heavy atom. The molecule has 1 saturated carbocycles. The first kappa shape index (κ1) is 12.3. The van der Waals surface area contributed by atoms with E-state index in [1.54, 1.807) is 0 Å². The Bertz CT molecular complexity index is 115. The summed E-state index contributed by atoms with van der Waals surface area (Å²) < 4.78 is 0. The topological polar surface area (TPSA) is 52.0 Å². The Labute approximate surface area is 78.7 Å². The molecule has 0 heterocycles. The highest BCUT2D eigenvalue weighted by molar-refractivity contribution is 7.13. The zero-order valence-corrected chi connectivity index (χ0v) is 9.50. The van der Waals surface area contributed by atoms with Gasteiger partial charge in [-0.15, -0.1) is 0 Å². The Hall–Kier alpha value is 0.350. The van der Waals surface area contributed by atoms with E-state index in [1.165, 1.54) is 32.1 Å². The molecule has 0 spiro atoms. The predicted molar refractivity (Wildman–Crippen MR) is 58.7 cm³/mol. The van der Waals surface area contributed by atoms with Gasteiger partial charge in [0, 0.05) is 5.54 Å². The maximum Gasteiger partial charge on any atom is 0.0128 e. The Kier molecular flexibility index (Phi) is 6.08. The summed E-state index contributed by atoms with van der Waals surface area (Å²) in [5, 5.41) is 0. The minimum absolute atomic E-state index is 0.135. The summed E-state index contributed by atoms with van der Waals surface area (Å²) in [5.41, 5.74) is 10.6. The van der Waals surface area contributed by atoms with E-state index in [1.807, 2.05) is 9.39 Å². The second-order valence-corrected chi connectivity index (χ2v) is 4.21. The van der Waals surface area contributed by atoms with E-state index >= 15 is 0 Å². The van der Waals surface area contributed by atoms with Crippen molar-refractivity contribution in [2.24, 2.45) is 17.2 Å². The monoisotopic (exact) mass is 190 g/mol. The van der Waals surface area contributed by atoms with Crippen molar-refractivity contribution in [2.75, 3.05) is 0 Å². The van der Waals surface area contributed by atoms with E-state index in [2.05, 4.69) is 19.4 Å². The highest BCUT2D eigenvalue weighted by Gasteiger charge is 2.23. The number of hydrogen-bond donors (Lipinski definition) is 2. The van der Waals surface area contributed by atoms with Gasteiger partial charge in [0.2, 0.25) is 0 Å². The van der Waals surface area contributed by atoms with Crippen LogP contribution < -0.4 is 11.2 Å². The smallest absolute Gasteiger partial charge is 0.0128 e. The van der Waals surface area contributed by atoms with Crippen molar-refractivity contribution in [3.05, 3.63) is 0 Å². The zero-order valence-electron chi connectivity index (χ0n) is 8.34. The average Bonchev–Trinajstić information content (AvgIpc) is 2.14. The molecule has 0 radical (unpaired) electrons. The first-order chi connectivity index (χ1) is 5.60. The maximum atomic E-state index is 6.07. The second kappa shape index (κ2) is 5.90. The number of hydrogen-bond acceptors (Lipinski definition) is 2. The van der Waals surface area contributed by atoms with E-state index in [0.717, 1.165) is 5.92 Å². The first-order valence-electron chi connectivity index (χ1n) is 4.72. The highest BCUT2D eigenvalue weighted by atomic mass is 31.0. The Balaban J connectivity index is 0.000000561. The van der Waals surface area contributed by atoms with Gasteiger partial charge in [-0.05, 0) is 25.7 Å². The third-order valence-electron chi connectivity index (χ3n) is 2.51. The third-order valence-corrected chi connectivity index (χ3v) is 2.51. The minimum atomic E-state index is 0.135. The molecule has 0 saturated heterocycles. The van der Waals surface area contributed by atoms with Crippen molar-refractivity contribution < 1.29 is 0 Å². The molecule has 74 valence electrons. The van der Waals surface area contributed by atoms with E-state index in [9.17, 15) is 0 Å². The van der Waals surface area contributed by atoms with Crippen molar-refractivity contribution in [1.82, 2.24) is 0 Å². The third kappa shape index (κ3) is 5.08. The van der Waals surface area contributed by atoms with E-state index in [-0.39, 0.29) is 5.54 Å². The van der Waals surface area contributed by atoms with Gasteiger partial charge in [0.15, 0.2) is 0 Å². The van der Waals surface area contributed by atoms with Crippen molar-refractivity contribution >= 4 is 9.39 Å². The van der Waals surface area contributed by atoms with Crippen LogP contribution in [0, 0.1) is 5.92 Å². The van der Waals surface area contributed by atoms with Crippen LogP contribution in [0.5, 0.6) is 0 Å². The number of nitrogens with two attached hydrogens (primary N) is 2. The largest absolute Gasteiger partial charge is 0.325 e. The molecular formula is C9H23N2P. The van der Waals surface area contributed by atoms with Gasteiger partial charge < -0.3 is 11.2 Å². The van der Waals surface area contributed by atoms with Gasteiger partial charge in [-0.2, -0.15) is 0 Å². The molecule has 1 aliphatic rings. The van der Waals surface area contributed by atoms with Crippen LogP contribution in [-0.2, 0) is 0 Å². The summed E-state index contributed by atoms with van der Waals surface area (Å²) in [6, 6.07) is 0. The SMILES string of the molecule is CC1CCCCC(C)(N)C1.NP. The van der Waals surface area contributed by atoms with Crippen LogP contribution in [0.1, 0.15) is 46.0 Å². The van der Waals surface area contributed by atoms with Crippen molar-refractivity contribution in [3.63, 3.8) is 0 Å². The normalized spacial score (nSPS) is 36.2. The predicted octanol–water partition coefficient (Wildman–Crippen LogP) is 2.04. The summed E-state index contributed by atoms with van der Waals surface area (Å²) in [4.78, 5) is 0. The quantitative estimate of drug-likeness (QED) is 0.453. The molecule has 0 aliphatic heterocycles. The summed E-state index contributed by atoms with van der Waals surface area (Å²) in [6.45, 7) is 4.51. The van der Waals surface area contributed by atoms with Crippen LogP contribution in [0.3, 0.4) is 0 Å². The van der Waals surface area contributed by atoms with Crippen LogP contribution in [0.2, 0.25) is 0 Å². The van der Waals surface area contributed by atoms with Crippen LogP contribution in [-0.4, -0.2) is 5.54 Å². The summed E-state index contributed by atoms with van der Waals surface area (Å²) >= 11 is 0. The molecule has 0 aromatic rings. The molecule has 0 bridgehead atoms. The molecule has 1 fully saturated rings. The minimum Gasteiger partial charge on any atom is -0.325 e. The van der Waals surface area contributed by atoms with Crippen molar-refractivity contribution in [2.45, 2.75) is 51.5 Å². The second-order valence-electron chi connectivity index (χ2n) is 4.21. The van der Waals surface area contributed by atoms with Crippen molar-refractivity contribution in [1.29, 1.82) is 0 Å². The summed E-state index contributed by atoms with van der Waals surface area (Å²) in [7, 11) is 1.92. The highest BCUT2D eigenvalue weighted by Crippen LogP contribution is 2.28. The number of rotatable bonds is 0. The molecule has 4 N–H and O–H groups in total. The molecule has 3 heteroatoms. The Morgan fingerprint density at radius 2 is 1.92 bits per heavy atom. The van der Waals surface area contributed by atoms with Gasteiger partial charge in [0.05, 0.1) is 0 Å². The van der Waals surface area contributed by atoms with Crippen LogP contribution in [0.25, 0.3) is 0 Å². The molecule has 1 rings (SSSR count). The average molecular weight is 190 g/mol. The standard InChI is InChI=1S/C9H19N.H4NP/c1-8-5-3-4-6-9(2,10)7-8;1-2/h8H,3-7,10H2,1-2H3;1-2H2.